The quantitative estimate of drug-likeness (QED) is 0.456. The van der Waals surface area contributed by atoms with Crippen LogP contribution in [0.15, 0.2) is 54.6 Å². The second-order valence-electron chi connectivity index (χ2n) is 7.62. The third-order valence-electron chi connectivity index (χ3n) is 5.23. The molecule has 0 unspecified atom stereocenters. The smallest absolute Gasteiger partial charge is 0.243 e. The standard InChI is InChI=1S/C25H33ClN2O3/c1-4-19(3)27-25(30)23(5-2)28(18-20-12-9-10-15-22(20)26)24(29)16-11-17-31-21-13-7-6-8-14-21/h6-10,12-15,19,23H,4-5,11,16-18H2,1-3H3,(H,27,30)/t19-,23-/m1/s1. The van der Waals surface area contributed by atoms with E-state index in [1.165, 1.54) is 0 Å². The summed E-state index contributed by atoms with van der Waals surface area (Å²) in [6.07, 6.45) is 2.22. The number of rotatable bonds is 12. The Hall–Kier alpha value is -2.53. The van der Waals surface area contributed by atoms with Gasteiger partial charge in [0.2, 0.25) is 11.8 Å². The molecule has 0 saturated heterocycles. The Labute approximate surface area is 190 Å². The largest absolute Gasteiger partial charge is 0.494 e. The van der Waals surface area contributed by atoms with Crippen LogP contribution in [0.4, 0.5) is 0 Å². The van der Waals surface area contributed by atoms with E-state index in [0.717, 1.165) is 17.7 Å². The van der Waals surface area contributed by atoms with Crippen molar-refractivity contribution < 1.29 is 14.3 Å². The molecule has 0 saturated carbocycles. The highest BCUT2D eigenvalue weighted by atomic mass is 35.5. The summed E-state index contributed by atoms with van der Waals surface area (Å²) in [5, 5.41) is 3.60. The van der Waals surface area contributed by atoms with E-state index in [9.17, 15) is 9.59 Å². The van der Waals surface area contributed by atoms with Gasteiger partial charge in [0, 0.05) is 24.0 Å². The second-order valence-corrected chi connectivity index (χ2v) is 8.03. The van der Waals surface area contributed by atoms with Crippen molar-refractivity contribution in [3.05, 3.63) is 65.2 Å². The van der Waals surface area contributed by atoms with Crippen molar-refractivity contribution in [2.75, 3.05) is 6.61 Å². The first-order valence-electron chi connectivity index (χ1n) is 11.0. The summed E-state index contributed by atoms with van der Waals surface area (Å²) < 4.78 is 5.70. The van der Waals surface area contributed by atoms with Gasteiger partial charge in [-0.15, -0.1) is 0 Å². The summed E-state index contributed by atoms with van der Waals surface area (Å²) in [4.78, 5) is 27.7. The molecule has 0 radical (unpaired) electrons. The molecule has 2 amide bonds. The van der Waals surface area contributed by atoms with E-state index >= 15 is 0 Å². The summed E-state index contributed by atoms with van der Waals surface area (Å²) in [5.41, 5.74) is 0.827. The van der Waals surface area contributed by atoms with E-state index < -0.39 is 6.04 Å². The average molecular weight is 445 g/mol. The first kappa shape index (κ1) is 24.7. The average Bonchev–Trinajstić information content (AvgIpc) is 2.78. The first-order chi connectivity index (χ1) is 15.0. The molecule has 0 aliphatic carbocycles. The number of ether oxygens (including phenoxy) is 1. The van der Waals surface area contributed by atoms with Gasteiger partial charge in [-0.3, -0.25) is 9.59 Å². The highest BCUT2D eigenvalue weighted by Gasteiger charge is 2.29. The predicted molar refractivity (Wildman–Crippen MR) is 125 cm³/mol. The topological polar surface area (TPSA) is 58.6 Å². The Bertz CT molecular complexity index is 829. The maximum absolute atomic E-state index is 13.2. The molecule has 0 aliphatic heterocycles. The molecule has 5 nitrogen and oxygen atoms in total. The van der Waals surface area contributed by atoms with E-state index in [0.29, 0.717) is 37.4 Å². The number of carbonyl (C=O) groups excluding carboxylic acids is 2. The number of benzene rings is 2. The number of carbonyl (C=O) groups is 2. The van der Waals surface area contributed by atoms with Gasteiger partial charge in [-0.25, -0.2) is 0 Å². The molecule has 0 heterocycles. The van der Waals surface area contributed by atoms with E-state index in [-0.39, 0.29) is 17.9 Å². The zero-order chi connectivity index (χ0) is 22.6. The monoisotopic (exact) mass is 444 g/mol. The molecule has 31 heavy (non-hydrogen) atoms. The van der Waals surface area contributed by atoms with Crippen LogP contribution in [0.1, 0.15) is 52.0 Å². The van der Waals surface area contributed by atoms with Gasteiger partial charge in [-0.1, -0.05) is 61.8 Å². The maximum Gasteiger partial charge on any atom is 0.243 e. The molecule has 1 N–H and O–H groups in total. The minimum absolute atomic E-state index is 0.0538. The molecule has 6 heteroatoms. The van der Waals surface area contributed by atoms with Gasteiger partial charge in [0.15, 0.2) is 0 Å². The van der Waals surface area contributed by atoms with Crippen LogP contribution in [0.25, 0.3) is 0 Å². The predicted octanol–water partition coefficient (Wildman–Crippen LogP) is 5.22. The van der Waals surface area contributed by atoms with E-state index in [1.54, 1.807) is 11.0 Å². The number of amides is 2. The van der Waals surface area contributed by atoms with Crippen molar-refractivity contribution in [1.82, 2.24) is 10.2 Å². The maximum atomic E-state index is 13.2. The van der Waals surface area contributed by atoms with Gasteiger partial charge in [0.25, 0.3) is 0 Å². The number of nitrogens with zero attached hydrogens (tertiary/aromatic N) is 1. The van der Waals surface area contributed by atoms with Crippen molar-refractivity contribution >= 4 is 23.4 Å². The molecule has 2 aromatic rings. The number of nitrogens with one attached hydrogen (secondary N) is 1. The van der Waals surface area contributed by atoms with E-state index in [4.69, 9.17) is 16.3 Å². The Kier molecular flexibility index (Phi) is 10.4. The molecule has 2 atom stereocenters. The molecular formula is C25H33ClN2O3. The van der Waals surface area contributed by atoms with Crippen LogP contribution >= 0.6 is 11.6 Å². The molecule has 0 bridgehead atoms. The zero-order valence-electron chi connectivity index (χ0n) is 18.6. The normalized spacial score (nSPS) is 12.6. The van der Waals surface area contributed by atoms with Crippen LogP contribution in [-0.4, -0.2) is 35.4 Å². The van der Waals surface area contributed by atoms with Crippen LogP contribution < -0.4 is 10.1 Å². The van der Waals surface area contributed by atoms with Crippen LogP contribution in [-0.2, 0) is 16.1 Å². The Morgan fingerprint density at radius 1 is 1.03 bits per heavy atom. The third-order valence-corrected chi connectivity index (χ3v) is 5.60. The summed E-state index contributed by atoms with van der Waals surface area (Å²) in [5.74, 6) is 0.572. The molecular weight excluding hydrogens is 412 g/mol. The Morgan fingerprint density at radius 3 is 2.35 bits per heavy atom. The van der Waals surface area contributed by atoms with Crippen molar-refractivity contribution in [3.8, 4) is 5.75 Å². The molecule has 0 aromatic heterocycles. The lowest BCUT2D eigenvalue weighted by Gasteiger charge is -2.31. The van der Waals surface area contributed by atoms with E-state index in [2.05, 4.69) is 5.32 Å². The molecule has 168 valence electrons. The van der Waals surface area contributed by atoms with Crippen molar-refractivity contribution in [2.24, 2.45) is 0 Å². The molecule has 0 fully saturated rings. The second kappa shape index (κ2) is 13.0. The van der Waals surface area contributed by atoms with Gasteiger partial charge in [-0.2, -0.15) is 0 Å². The molecule has 0 aliphatic rings. The number of hydrogen-bond donors (Lipinski definition) is 1. The van der Waals surface area contributed by atoms with Crippen LogP contribution in [0.5, 0.6) is 5.75 Å². The highest BCUT2D eigenvalue weighted by Crippen LogP contribution is 2.21. The first-order valence-corrected chi connectivity index (χ1v) is 11.3. The summed E-state index contributed by atoms with van der Waals surface area (Å²) in [6, 6.07) is 16.5. The molecule has 0 spiro atoms. The van der Waals surface area contributed by atoms with Gasteiger partial charge in [0.1, 0.15) is 11.8 Å². The molecule has 2 rings (SSSR count). The fourth-order valence-corrected chi connectivity index (χ4v) is 3.44. The lowest BCUT2D eigenvalue weighted by atomic mass is 10.1. The minimum atomic E-state index is -0.548. The van der Waals surface area contributed by atoms with Crippen LogP contribution in [0.3, 0.4) is 0 Å². The fraction of sp³-hybridized carbons (Fsp3) is 0.440. The van der Waals surface area contributed by atoms with Gasteiger partial charge in [-0.05, 0) is 49.9 Å². The lowest BCUT2D eigenvalue weighted by Crippen LogP contribution is -2.50. The van der Waals surface area contributed by atoms with E-state index in [1.807, 2.05) is 69.3 Å². The summed E-state index contributed by atoms with van der Waals surface area (Å²) >= 11 is 6.34. The van der Waals surface area contributed by atoms with Crippen molar-refractivity contribution in [2.45, 2.75) is 65.1 Å². The van der Waals surface area contributed by atoms with Gasteiger partial charge < -0.3 is 15.0 Å². The van der Waals surface area contributed by atoms with Crippen LogP contribution in [0.2, 0.25) is 5.02 Å². The third kappa shape index (κ3) is 7.91. The highest BCUT2D eigenvalue weighted by molar-refractivity contribution is 6.31. The number of halogens is 1. The van der Waals surface area contributed by atoms with Gasteiger partial charge in [0.05, 0.1) is 6.61 Å². The van der Waals surface area contributed by atoms with Crippen molar-refractivity contribution in [1.29, 1.82) is 0 Å². The van der Waals surface area contributed by atoms with Gasteiger partial charge >= 0.3 is 0 Å². The Balaban J connectivity index is 2.08. The molecule has 2 aromatic carbocycles. The van der Waals surface area contributed by atoms with Crippen molar-refractivity contribution in [3.63, 3.8) is 0 Å². The SMILES string of the molecule is CC[C@@H](C)NC(=O)[C@@H](CC)N(Cc1ccccc1Cl)C(=O)CCCOc1ccccc1. The number of hydrogen-bond acceptors (Lipinski definition) is 3. The minimum Gasteiger partial charge on any atom is -0.494 e. The van der Waals surface area contributed by atoms with Crippen LogP contribution in [0, 0.1) is 0 Å². The lowest BCUT2D eigenvalue weighted by molar-refractivity contribution is -0.141. The summed E-state index contributed by atoms with van der Waals surface area (Å²) in [6.45, 7) is 6.64. The summed E-state index contributed by atoms with van der Waals surface area (Å²) in [7, 11) is 0. The number of para-hydroxylation sites is 1. The zero-order valence-corrected chi connectivity index (χ0v) is 19.4. The fourth-order valence-electron chi connectivity index (χ4n) is 3.24. The Morgan fingerprint density at radius 2 is 1.71 bits per heavy atom.